The van der Waals surface area contributed by atoms with Crippen molar-refractivity contribution in [2.24, 2.45) is 41.5 Å². The molecule has 0 radical (unpaired) electrons. The summed E-state index contributed by atoms with van der Waals surface area (Å²) in [6, 6.07) is 0. The van der Waals surface area contributed by atoms with Gasteiger partial charge in [0.15, 0.2) is 5.16 Å². The second-order valence-corrected chi connectivity index (χ2v) is 12.2. The van der Waals surface area contributed by atoms with Crippen molar-refractivity contribution in [2.75, 3.05) is 5.75 Å². The lowest BCUT2D eigenvalue weighted by molar-refractivity contribution is -0.152. The molecule has 5 heteroatoms. The molecule has 0 amide bonds. The zero-order chi connectivity index (χ0) is 20.4. The van der Waals surface area contributed by atoms with Crippen molar-refractivity contribution in [1.29, 1.82) is 0 Å². The van der Waals surface area contributed by atoms with Crippen LogP contribution in [-0.4, -0.2) is 37.2 Å². The molecule has 0 saturated heterocycles. The van der Waals surface area contributed by atoms with Crippen molar-refractivity contribution < 1.29 is 10.2 Å². The maximum absolute atomic E-state index is 11.9. The predicted molar refractivity (Wildman–Crippen MR) is 117 cm³/mol. The summed E-state index contributed by atoms with van der Waals surface area (Å²) in [5, 5.41) is 23.1. The molecule has 29 heavy (non-hydrogen) atoms. The Balaban J connectivity index is 1.36. The molecule has 5 rings (SSSR count). The molecule has 4 aliphatic rings. The van der Waals surface area contributed by atoms with Gasteiger partial charge in [0.25, 0.3) is 0 Å². The van der Waals surface area contributed by atoms with E-state index in [4.69, 9.17) is 0 Å². The number of aliphatic hydroxyl groups is 2. The maximum atomic E-state index is 11.9. The van der Waals surface area contributed by atoms with E-state index in [2.05, 4.69) is 23.4 Å². The summed E-state index contributed by atoms with van der Waals surface area (Å²) in [4.78, 5) is 4.45. The molecule has 0 spiro atoms. The van der Waals surface area contributed by atoms with Crippen LogP contribution in [0.4, 0.5) is 0 Å². The van der Waals surface area contributed by atoms with Gasteiger partial charge in [-0.3, -0.25) is 0 Å². The first-order valence-corrected chi connectivity index (χ1v) is 12.8. The van der Waals surface area contributed by atoms with Gasteiger partial charge in [0.2, 0.25) is 0 Å². The van der Waals surface area contributed by atoms with Crippen molar-refractivity contribution >= 4 is 11.8 Å². The number of nitrogens with zero attached hydrogens (tertiary/aromatic N) is 2. The average molecular weight is 419 g/mol. The fourth-order valence-corrected chi connectivity index (χ4v) is 9.50. The summed E-state index contributed by atoms with van der Waals surface area (Å²) in [7, 11) is 2.03. The van der Waals surface area contributed by atoms with Crippen LogP contribution in [0.5, 0.6) is 0 Å². The van der Waals surface area contributed by atoms with E-state index in [0.29, 0.717) is 17.3 Å². The van der Waals surface area contributed by atoms with Crippen LogP contribution in [0.1, 0.15) is 71.6 Å². The lowest BCUT2D eigenvalue weighted by atomic mass is 9.44. The van der Waals surface area contributed by atoms with Crippen LogP contribution in [-0.2, 0) is 7.05 Å². The second kappa shape index (κ2) is 7.00. The third-order valence-electron chi connectivity index (χ3n) is 10.2. The molecular formula is C24H38N2O2S. The molecule has 0 aromatic carbocycles. The van der Waals surface area contributed by atoms with Crippen LogP contribution < -0.4 is 0 Å². The monoisotopic (exact) mass is 418 g/mol. The van der Waals surface area contributed by atoms with E-state index in [0.717, 1.165) is 48.4 Å². The quantitative estimate of drug-likeness (QED) is 0.702. The summed E-state index contributed by atoms with van der Waals surface area (Å²) >= 11 is 1.73. The molecule has 0 aliphatic heterocycles. The molecule has 8 atom stereocenters. The van der Waals surface area contributed by atoms with Gasteiger partial charge >= 0.3 is 0 Å². The zero-order valence-electron chi connectivity index (χ0n) is 18.3. The van der Waals surface area contributed by atoms with Crippen molar-refractivity contribution in [3.63, 3.8) is 0 Å². The third-order valence-corrected chi connectivity index (χ3v) is 11.5. The molecule has 1 heterocycles. The van der Waals surface area contributed by atoms with Crippen molar-refractivity contribution in [3.05, 3.63) is 12.4 Å². The largest absolute Gasteiger partial charge is 0.393 e. The van der Waals surface area contributed by atoms with Gasteiger partial charge in [-0.25, -0.2) is 4.98 Å². The van der Waals surface area contributed by atoms with Gasteiger partial charge in [-0.1, -0.05) is 25.6 Å². The van der Waals surface area contributed by atoms with E-state index in [-0.39, 0.29) is 11.5 Å². The molecule has 0 unspecified atom stereocenters. The normalized spacial score (nSPS) is 49.3. The van der Waals surface area contributed by atoms with Crippen molar-refractivity contribution in [3.8, 4) is 0 Å². The summed E-state index contributed by atoms with van der Waals surface area (Å²) in [6.07, 6.45) is 14.1. The number of aryl methyl sites for hydroxylation is 1. The summed E-state index contributed by atoms with van der Waals surface area (Å²) < 4.78 is 2.05. The Labute approximate surface area is 179 Å². The third kappa shape index (κ3) is 2.97. The molecule has 162 valence electrons. The van der Waals surface area contributed by atoms with Crippen LogP contribution in [0.3, 0.4) is 0 Å². The number of aromatic nitrogens is 2. The Morgan fingerprint density at radius 3 is 2.66 bits per heavy atom. The minimum absolute atomic E-state index is 0.0315. The fourth-order valence-electron chi connectivity index (χ4n) is 8.26. The first-order chi connectivity index (χ1) is 13.8. The van der Waals surface area contributed by atoms with Crippen LogP contribution in [0.2, 0.25) is 0 Å². The van der Waals surface area contributed by atoms with Crippen LogP contribution in [0.15, 0.2) is 17.6 Å². The standard InChI is InChI=1S/C24H38N2O2S/c1-22-9-6-17(27)14-16(22)4-5-18-19(22)7-10-23(2)20(18)8-11-24(23,28)15-29-21-25-12-13-26(21)3/h12-13,16-20,27-28H,4-11,14-15H2,1-3H3/t16-,17-,18-,19+,20-,22+,23+,24-/m1/s1. The van der Waals surface area contributed by atoms with E-state index in [1.54, 1.807) is 11.8 Å². The van der Waals surface area contributed by atoms with Gasteiger partial charge in [-0.05, 0) is 86.9 Å². The second-order valence-electron chi connectivity index (χ2n) is 11.2. The smallest absolute Gasteiger partial charge is 0.167 e. The number of imidazole rings is 1. The van der Waals surface area contributed by atoms with E-state index < -0.39 is 5.60 Å². The van der Waals surface area contributed by atoms with Crippen LogP contribution in [0.25, 0.3) is 0 Å². The molecule has 2 N–H and O–H groups in total. The first-order valence-electron chi connectivity index (χ1n) is 11.8. The molecule has 4 fully saturated rings. The Hall–Kier alpha value is -0.520. The Morgan fingerprint density at radius 1 is 1.10 bits per heavy atom. The van der Waals surface area contributed by atoms with Gasteiger partial charge < -0.3 is 14.8 Å². The molecular weight excluding hydrogens is 380 g/mol. The number of rotatable bonds is 3. The first kappa shape index (κ1) is 20.4. The lowest BCUT2D eigenvalue weighted by Gasteiger charge is -2.61. The highest BCUT2D eigenvalue weighted by molar-refractivity contribution is 7.99. The molecule has 4 nitrogen and oxygen atoms in total. The Morgan fingerprint density at radius 2 is 1.90 bits per heavy atom. The number of fused-ring (bicyclic) bond motifs is 5. The van der Waals surface area contributed by atoms with Gasteiger partial charge in [-0.2, -0.15) is 0 Å². The molecule has 1 aromatic heterocycles. The topological polar surface area (TPSA) is 58.3 Å². The lowest BCUT2D eigenvalue weighted by Crippen LogP contribution is -2.57. The average Bonchev–Trinajstić information content (AvgIpc) is 3.22. The van der Waals surface area contributed by atoms with E-state index in [1.165, 1.54) is 32.1 Å². The number of aliphatic hydroxyl groups excluding tert-OH is 1. The molecule has 1 aromatic rings. The Bertz CT molecular complexity index is 768. The van der Waals surface area contributed by atoms with E-state index >= 15 is 0 Å². The highest BCUT2D eigenvalue weighted by Crippen LogP contribution is 2.68. The van der Waals surface area contributed by atoms with E-state index in [9.17, 15) is 10.2 Å². The predicted octanol–water partition coefficient (Wildman–Crippen LogP) is 4.65. The summed E-state index contributed by atoms with van der Waals surface area (Å²) in [6.45, 7) is 4.94. The highest BCUT2D eigenvalue weighted by atomic mass is 32.2. The molecule has 4 aliphatic carbocycles. The van der Waals surface area contributed by atoms with Crippen molar-refractivity contribution in [2.45, 2.75) is 88.5 Å². The number of hydrogen-bond acceptors (Lipinski definition) is 4. The van der Waals surface area contributed by atoms with Gasteiger partial charge in [0.05, 0.1) is 11.7 Å². The minimum Gasteiger partial charge on any atom is -0.393 e. The molecule has 4 saturated carbocycles. The minimum atomic E-state index is -0.584. The highest BCUT2D eigenvalue weighted by Gasteiger charge is 2.64. The number of hydrogen-bond donors (Lipinski definition) is 2. The van der Waals surface area contributed by atoms with Crippen LogP contribution >= 0.6 is 11.8 Å². The van der Waals surface area contributed by atoms with Gasteiger partial charge in [-0.15, -0.1) is 0 Å². The van der Waals surface area contributed by atoms with Gasteiger partial charge in [0, 0.05) is 30.6 Å². The van der Waals surface area contributed by atoms with Crippen molar-refractivity contribution in [1.82, 2.24) is 9.55 Å². The zero-order valence-corrected chi connectivity index (χ0v) is 19.1. The molecule has 0 bridgehead atoms. The maximum Gasteiger partial charge on any atom is 0.167 e. The fraction of sp³-hybridized carbons (Fsp3) is 0.875. The summed E-state index contributed by atoms with van der Waals surface area (Å²) in [5.41, 5.74) is -0.143. The van der Waals surface area contributed by atoms with Crippen LogP contribution in [0, 0.1) is 34.5 Å². The Kier molecular flexibility index (Phi) is 4.92. The summed E-state index contributed by atoms with van der Waals surface area (Å²) in [5.74, 6) is 3.66. The van der Waals surface area contributed by atoms with Gasteiger partial charge in [0.1, 0.15) is 0 Å². The SMILES string of the molecule is Cn1ccnc1SC[C@]1(O)CC[C@@H]2[C@@H]3CC[C@@H]4C[C@H](O)CC[C@]4(C)[C@H]3CC[C@@]21C. The van der Waals surface area contributed by atoms with E-state index in [1.807, 2.05) is 19.4 Å². The number of thioether (sulfide) groups is 1.